The maximum atomic E-state index is 11.9. The van der Waals surface area contributed by atoms with E-state index in [1.54, 1.807) is 55.7 Å². The Balaban J connectivity index is 1.67. The lowest BCUT2D eigenvalue weighted by molar-refractivity contribution is -0.123. The number of benzene rings is 1. The van der Waals surface area contributed by atoms with Gasteiger partial charge in [0.2, 0.25) is 5.91 Å². The normalized spacial score (nSPS) is 19.6. The van der Waals surface area contributed by atoms with E-state index >= 15 is 0 Å². The van der Waals surface area contributed by atoms with Crippen LogP contribution in [0.3, 0.4) is 0 Å². The third-order valence-electron chi connectivity index (χ3n) is 3.89. The molecule has 4 amide bonds. The molecule has 1 unspecified atom stereocenters. The Morgan fingerprint density at radius 2 is 1.96 bits per heavy atom. The summed E-state index contributed by atoms with van der Waals surface area (Å²) in [6, 6.07) is 9.83. The van der Waals surface area contributed by atoms with Gasteiger partial charge in [0.05, 0.1) is 0 Å². The van der Waals surface area contributed by atoms with Crippen LogP contribution >= 0.6 is 0 Å². The molecule has 7 nitrogen and oxygen atoms in total. The van der Waals surface area contributed by atoms with Gasteiger partial charge in [0.1, 0.15) is 5.54 Å². The van der Waals surface area contributed by atoms with Crippen molar-refractivity contribution in [2.24, 2.45) is 0 Å². The fourth-order valence-corrected chi connectivity index (χ4v) is 2.46. The minimum absolute atomic E-state index is 0.283. The Bertz CT molecular complexity index is 846. The largest absolute Gasteiger partial charge is 0.323 e. The van der Waals surface area contributed by atoms with E-state index in [1.165, 1.54) is 6.08 Å². The summed E-state index contributed by atoms with van der Waals surface area (Å²) >= 11 is 0. The maximum Gasteiger partial charge on any atom is 0.322 e. The second-order valence-corrected chi connectivity index (χ2v) is 5.72. The van der Waals surface area contributed by atoms with Gasteiger partial charge in [0.15, 0.2) is 0 Å². The number of imide groups is 1. The van der Waals surface area contributed by atoms with E-state index in [9.17, 15) is 14.4 Å². The zero-order valence-electron chi connectivity index (χ0n) is 13.4. The highest BCUT2D eigenvalue weighted by Gasteiger charge is 2.43. The van der Waals surface area contributed by atoms with Crippen LogP contribution in [-0.2, 0) is 15.1 Å². The van der Waals surface area contributed by atoms with Crippen molar-refractivity contribution >= 4 is 29.6 Å². The smallest absolute Gasteiger partial charge is 0.322 e. The second kappa shape index (κ2) is 6.56. The molecule has 1 aliphatic rings. The van der Waals surface area contributed by atoms with Crippen LogP contribution in [0.2, 0.25) is 0 Å². The molecule has 0 spiro atoms. The Morgan fingerprint density at radius 1 is 1.20 bits per heavy atom. The summed E-state index contributed by atoms with van der Waals surface area (Å²) in [7, 11) is 0. The summed E-state index contributed by atoms with van der Waals surface area (Å²) in [5.41, 5.74) is 0.918. The molecule has 0 saturated carbocycles. The lowest BCUT2D eigenvalue weighted by Crippen LogP contribution is -2.40. The average Bonchev–Trinajstić information content (AvgIpc) is 2.87. The topological polar surface area (TPSA) is 100 Å². The second-order valence-electron chi connectivity index (χ2n) is 5.72. The first-order valence-corrected chi connectivity index (χ1v) is 7.60. The average molecular weight is 336 g/mol. The summed E-state index contributed by atoms with van der Waals surface area (Å²) in [5, 5.41) is 7.53. The fourth-order valence-electron chi connectivity index (χ4n) is 2.46. The van der Waals surface area contributed by atoms with Crippen molar-refractivity contribution in [1.82, 2.24) is 15.6 Å². The molecule has 1 aliphatic heterocycles. The Labute approximate surface area is 144 Å². The van der Waals surface area contributed by atoms with E-state index < -0.39 is 17.5 Å². The number of urea groups is 1. The first-order valence-electron chi connectivity index (χ1n) is 7.60. The molecule has 3 N–H and O–H groups in total. The van der Waals surface area contributed by atoms with Gasteiger partial charge in [-0.25, -0.2) is 4.79 Å². The highest BCUT2D eigenvalue weighted by Crippen LogP contribution is 2.25. The number of rotatable bonds is 4. The van der Waals surface area contributed by atoms with Crippen molar-refractivity contribution in [3.05, 3.63) is 66.0 Å². The van der Waals surface area contributed by atoms with E-state index in [2.05, 4.69) is 20.9 Å². The molecular weight excluding hydrogens is 320 g/mol. The first kappa shape index (κ1) is 16.4. The van der Waals surface area contributed by atoms with Crippen LogP contribution in [0, 0.1) is 0 Å². The van der Waals surface area contributed by atoms with E-state index in [-0.39, 0.29) is 5.91 Å². The fraction of sp³-hybridized carbons (Fsp3) is 0.111. The van der Waals surface area contributed by atoms with Crippen molar-refractivity contribution in [3.63, 3.8) is 0 Å². The summed E-state index contributed by atoms with van der Waals surface area (Å²) < 4.78 is 0. The summed E-state index contributed by atoms with van der Waals surface area (Å²) in [6.07, 6.45) is 6.39. The third kappa shape index (κ3) is 3.55. The molecule has 126 valence electrons. The number of hydrogen-bond donors (Lipinski definition) is 3. The number of aromatic nitrogens is 1. The van der Waals surface area contributed by atoms with Crippen molar-refractivity contribution < 1.29 is 14.4 Å². The third-order valence-corrected chi connectivity index (χ3v) is 3.89. The molecule has 1 atom stereocenters. The van der Waals surface area contributed by atoms with E-state index in [4.69, 9.17) is 0 Å². The van der Waals surface area contributed by atoms with Crippen LogP contribution in [0.1, 0.15) is 18.1 Å². The number of nitrogens with zero attached hydrogens (tertiary/aromatic N) is 1. The first-order chi connectivity index (χ1) is 12.0. The van der Waals surface area contributed by atoms with Gasteiger partial charge in [-0.3, -0.25) is 19.9 Å². The molecule has 2 heterocycles. The highest BCUT2D eigenvalue weighted by atomic mass is 16.2. The van der Waals surface area contributed by atoms with E-state index in [1.807, 2.05) is 6.07 Å². The van der Waals surface area contributed by atoms with E-state index in [0.29, 0.717) is 11.3 Å². The molecule has 7 heteroatoms. The number of nitrogens with one attached hydrogen (secondary N) is 3. The quantitative estimate of drug-likeness (QED) is 0.585. The minimum Gasteiger partial charge on any atom is -0.323 e. The Morgan fingerprint density at radius 3 is 2.56 bits per heavy atom. The molecule has 2 aromatic rings. The van der Waals surface area contributed by atoms with Crippen LogP contribution in [-0.4, -0.2) is 22.8 Å². The van der Waals surface area contributed by atoms with Gasteiger partial charge < -0.3 is 10.6 Å². The molecule has 3 rings (SSSR count). The summed E-state index contributed by atoms with van der Waals surface area (Å²) in [6.45, 7) is 1.62. The molecule has 1 saturated heterocycles. The molecule has 1 aromatic carbocycles. The molecular formula is C18H16N4O3. The van der Waals surface area contributed by atoms with Crippen molar-refractivity contribution in [1.29, 1.82) is 0 Å². The highest BCUT2D eigenvalue weighted by molar-refractivity contribution is 6.07. The van der Waals surface area contributed by atoms with Crippen LogP contribution in [0.5, 0.6) is 0 Å². The lowest BCUT2D eigenvalue weighted by atomic mass is 9.92. The number of amides is 4. The number of anilines is 1. The SMILES string of the molecule is CC1(c2ccc(NC(=O)C=Cc3cccnc3)cc2)NC(=O)NC1=O. The predicted molar refractivity (Wildman–Crippen MR) is 92.4 cm³/mol. The molecule has 1 fully saturated rings. The van der Waals surface area contributed by atoms with Crippen molar-refractivity contribution in [3.8, 4) is 0 Å². The van der Waals surface area contributed by atoms with Crippen LogP contribution < -0.4 is 16.0 Å². The van der Waals surface area contributed by atoms with Crippen molar-refractivity contribution in [2.45, 2.75) is 12.5 Å². The minimum atomic E-state index is -1.11. The molecule has 0 bridgehead atoms. The molecule has 1 aromatic heterocycles. The standard InChI is InChI=1S/C18H16N4O3/c1-18(16(24)21-17(25)22-18)13-5-7-14(8-6-13)20-15(23)9-4-12-3-2-10-19-11-12/h2-11H,1H3,(H,20,23)(H2,21,22,24,25). The van der Waals surface area contributed by atoms with Gasteiger partial charge in [-0.2, -0.15) is 0 Å². The lowest BCUT2D eigenvalue weighted by Gasteiger charge is -2.21. The molecule has 0 aliphatic carbocycles. The van der Waals surface area contributed by atoms with Gasteiger partial charge in [-0.1, -0.05) is 18.2 Å². The van der Waals surface area contributed by atoms with Gasteiger partial charge >= 0.3 is 6.03 Å². The van der Waals surface area contributed by atoms with Crippen LogP contribution in [0.4, 0.5) is 10.5 Å². The summed E-state index contributed by atoms with van der Waals surface area (Å²) in [5.74, 6) is -0.691. The Hall–Kier alpha value is -3.48. The predicted octanol–water partition coefficient (Wildman–Crippen LogP) is 1.79. The zero-order valence-corrected chi connectivity index (χ0v) is 13.4. The van der Waals surface area contributed by atoms with E-state index in [0.717, 1.165) is 5.56 Å². The number of pyridine rings is 1. The van der Waals surface area contributed by atoms with Gasteiger partial charge in [0.25, 0.3) is 5.91 Å². The van der Waals surface area contributed by atoms with Crippen molar-refractivity contribution in [2.75, 3.05) is 5.32 Å². The van der Waals surface area contributed by atoms with Gasteiger partial charge in [-0.05, 0) is 42.3 Å². The van der Waals surface area contributed by atoms with Crippen LogP contribution in [0.25, 0.3) is 6.08 Å². The van der Waals surface area contributed by atoms with Gasteiger partial charge in [-0.15, -0.1) is 0 Å². The monoisotopic (exact) mass is 336 g/mol. The summed E-state index contributed by atoms with van der Waals surface area (Å²) in [4.78, 5) is 39.2. The van der Waals surface area contributed by atoms with Crippen LogP contribution in [0.15, 0.2) is 54.9 Å². The molecule has 0 radical (unpaired) electrons. The maximum absolute atomic E-state index is 11.9. The zero-order chi connectivity index (χ0) is 17.9. The van der Waals surface area contributed by atoms with Gasteiger partial charge in [0, 0.05) is 24.2 Å². The number of carbonyl (C=O) groups is 3. The molecule has 25 heavy (non-hydrogen) atoms. The Kier molecular flexibility index (Phi) is 4.30. The number of hydrogen-bond acceptors (Lipinski definition) is 4. The number of carbonyl (C=O) groups excluding carboxylic acids is 3.